The minimum atomic E-state index is -0.327. The summed E-state index contributed by atoms with van der Waals surface area (Å²) in [7, 11) is 1.55. The third-order valence-electron chi connectivity index (χ3n) is 5.27. The van der Waals surface area contributed by atoms with Crippen molar-refractivity contribution in [3.8, 4) is 0 Å². The number of rotatable bonds is 8. The molecule has 4 rings (SSSR count). The topological polar surface area (TPSA) is 89.0 Å². The summed E-state index contributed by atoms with van der Waals surface area (Å²) in [6, 6.07) is 21.0. The molecule has 2 aromatic heterocycles. The molecule has 4 aromatic rings. The molecule has 0 aliphatic rings. The van der Waals surface area contributed by atoms with E-state index in [1.54, 1.807) is 7.11 Å². The largest absolute Gasteiger partial charge is 0.383 e. The molecule has 1 amide bonds. The molecule has 31 heavy (non-hydrogen) atoms. The van der Waals surface area contributed by atoms with Gasteiger partial charge < -0.3 is 15.0 Å². The van der Waals surface area contributed by atoms with Gasteiger partial charge in [-0.05, 0) is 23.3 Å². The Kier molecular flexibility index (Phi) is 6.24. The van der Waals surface area contributed by atoms with Gasteiger partial charge in [0.2, 0.25) is 0 Å². The van der Waals surface area contributed by atoms with Crippen molar-refractivity contribution in [1.82, 2.24) is 20.1 Å². The zero-order valence-electron chi connectivity index (χ0n) is 17.2. The van der Waals surface area contributed by atoms with Gasteiger partial charge in [0.1, 0.15) is 5.69 Å². The quantitative estimate of drug-likeness (QED) is 0.462. The maximum absolute atomic E-state index is 12.8. The highest BCUT2D eigenvalue weighted by Gasteiger charge is 2.20. The van der Waals surface area contributed by atoms with Gasteiger partial charge in [-0.15, -0.1) is 0 Å². The zero-order valence-corrected chi connectivity index (χ0v) is 17.2. The lowest BCUT2D eigenvalue weighted by Gasteiger charge is -2.18. The highest BCUT2D eigenvalue weighted by molar-refractivity contribution is 5.92. The molecule has 7 heteroatoms. The number of carbonyl (C=O) groups excluding carboxylic acids is 1. The van der Waals surface area contributed by atoms with Gasteiger partial charge >= 0.3 is 0 Å². The zero-order chi connectivity index (χ0) is 21.6. The van der Waals surface area contributed by atoms with Gasteiger partial charge in [0.25, 0.3) is 11.5 Å². The van der Waals surface area contributed by atoms with Crippen molar-refractivity contribution in [1.29, 1.82) is 0 Å². The Morgan fingerprint density at radius 3 is 2.68 bits per heavy atom. The molecule has 2 aromatic carbocycles. The fourth-order valence-corrected chi connectivity index (χ4v) is 3.67. The Balaban J connectivity index is 1.59. The van der Waals surface area contributed by atoms with E-state index in [0.29, 0.717) is 19.7 Å². The standard InChI is InChI=1S/C24H24N4O3/c1-31-14-13-28-23(29)12-11-22(27-28)24(30)26-15-19(17-7-3-2-4-8-17)20-16-25-21-10-6-5-9-18(20)21/h2-12,16,19,25H,13-15H2,1H3,(H,26,30). The number of nitrogens with one attached hydrogen (secondary N) is 2. The molecule has 158 valence electrons. The van der Waals surface area contributed by atoms with Crippen molar-refractivity contribution in [3.63, 3.8) is 0 Å². The number of nitrogens with zero attached hydrogens (tertiary/aromatic N) is 2. The van der Waals surface area contributed by atoms with Crippen LogP contribution < -0.4 is 10.9 Å². The van der Waals surface area contributed by atoms with Crippen LogP contribution in [0.5, 0.6) is 0 Å². The third-order valence-corrected chi connectivity index (χ3v) is 5.27. The predicted molar refractivity (Wildman–Crippen MR) is 119 cm³/mol. The molecule has 0 fully saturated rings. The molecule has 2 N–H and O–H groups in total. The van der Waals surface area contributed by atoms with Crippen molar-refractivity contribution in [2.24, 2.45) is 0 Å². The van der Waals surface area contributed by atoms with E-state index in [1.165, 1.54) is 16.8 Å². The molecule has 0 saturated heterocycles. The lowest BCUT2D eigenvalue weighted by molar-refractivity contribution is 0.0943. The van der Waals surface area contributed by atoms with Gasteiger partial charge in [-0.3, -0.25) is 9.59 Å². The molecule has 7 nitrogen and oxygen atoms in total. The summed E-state index contributed by atoms with van der Waals surface area (Å²) in [6.07, 6.45) is 2.00. The SMILES string of the molecule is COCCn1nc(C(=O)NCC(c2ccccc2)c2c[nH]c3ccccc23)ccc1=O. The van der Waals surface area contributed by atoms with Gasteiger partial charge in [-0.25, -0.2) is 4.68 Å². The molecule has 0 aliphatic carbocycles. The number of para-hydroxylation sites is 1. The molecule has 1 atom stereocenters. The second-order valence-electron chi connectivity index (χ2n) is 7.24. The first-order valence-electron chi connectivity index (χ1n) is 10.1. The number of H-pyrrole nitrogens is 1. The Hall–Kier alpha value is -3.71. The summed E-state index contributed by atoms with van der Waals surface area (Å²) >= 11 is 0. The van der Waals surface area contributed by atoms with Crippen LogP contribution in [0.15, 0.2) is 77.7 Å². The minimum Gasteiger partial charge on any atom is -0.383 e. The van der Waals surface area contributed by atoms with Crippen LogP contribution >= 0.6 is 0 Å². The summed E-state index contributed by atoms with van der Waals surface area (Å²) in [5.41, 5.74) is 3.19. The molecule has 0 spiro atoms. The number of hydrogen-bond donors (Lipinski definition) is 2. The lowest BCUT2D eigenvalue weighted by atomic mass is 9.91. The molecule has 0 radical (unpaired) electrons. The van der Waals surface area contributed by atoms with E-state index >= 15 is 0 Å². The van der Waals surface area contributed by atoms with Gasteiger partial charge in [-0.2, -0.15) is 5.10 Å². The summed E-state index contributed by atoms with van der Waals surface area (Å²) in [4.78, 5) is 28.1. The monoisotopic (exact) mass is 416 g/mol. The smallest absolute Gasteiger partial charge is 0.271 e. The summed E-state index contributed by atoms with van der Waals surface area (Å²) < 4.78 is 6.25. The number of amides is 1. The summed E-state index contributed by atoms with van der Waals surface area (Å²) in [5, 5.41) is 8.29. The number of fused-ring (bicyclic) bond motifs is 1. The normalized spacial score (nSPS) is 12.0. The molecule has 0 saturated carbocycles. The van der Waals surface area contributed by atoms with Crippen molar-refractivity contribution >= 4 is 16.8 Å². The van der Waals surface area contributed by atoms with Crippen LogP contribution in [0.25, 0.3) is 10.9 Å². The van der Waals surface area contributed by atoms with Crippen molar-refractivity contribution in [2.45, 2.75) is 12.5 Å². The van der Waals surface area contributed by atoms with E-state index in [-0.39, 0.29) is 23.1 Å². The number of carbonyl (C=O) groups is 1. The fourth-order valence-electron chi connectivity index (χ4n) is 3.67. The van der Waals surface area contributed by atoms with Crippen molar-refractivity contribution < 1.29 is 9.53 Å². The van der Waals surface area contributed by atoms with E-state index in [2.05, 4.69) is 33.6 Å². The summed E-state index contributed by atoms with van der Waals surface area (Å²) in [6.45, 7) is 1.02. The Morgan fingerprint density at radius 2 is 1.87 bits per heavy atom. The first kappa shape index (κ1) is 20.6. The minimum absolute atomic E-state index is 0.0410. The van der Waals surface area contributed by atoms with Gasteiger partial charge in [0, 0.05) is 42.7 Å². The second kappa shape index (κ2) is 9.40. The fraction of sp³-hybridized carbons (Fsp3) is 0.208. The number of ether oxygens (including phenoxy) is 1. The summed E-state index contributed by atoms with van der Waals surface area (Å²) in [5.74, 6) is -0.368. The first-order chi connectivity index (χ1) is 15.2. The lowest BCUT2D eigenvalue weighted by Crippen LogP contribution is -2.32. The van der Waals surface area contributed by atoms with Crippen LogP contribution in [0, 0.1) is 0 Å². The number of hydrogen-bond acceptors (Lipinski definition) is 4. The maximum Gasteiger partial charge on any atom is 0.271 e. The molecular weight excluding hydrogens is 392 g/mol. The van der Waals surface area contributed by atoms with Crippen LogP contribution in [-0.2, 0) is 11.3 Å². The average molecular weight is 416 g/mol. The van der Waals surface area contributed by atoms with Gasteiger partial charge in [-0.1, -0.05) is 48.5 Å². The van der Waals surface area contributed by atoms with Gasteiger partial charge in [0.15, 0.2) is 0 Å². The van der Waals surface area contributed by atoms with Crippen LogP contribution in [0.1, 0.15) is 27.5 Å². The van der Waals surface area contributed by atoms with Crippen LogP contribution in [0.2, 0.25) is 0 Å². The van der Waals surface area contributed by atoms with Gasteiger partial charge in [0.05, 0.1) is 13.2 Å². The van der Waals surface area contributed by atoms with E-state index in [0.717, 1.165) is 22.0 Å². The highest BCUT2D eigenvalue weighted by Crippen LogP contribution is 2.30. The van der Waals surface area contributed by atoms with E-state index in [1.807, 2.05) is 42.6 Å². The van der Waals surface area contributed by atoms with Crippen molar-refractivity contribution in [3.05, 3.63) is 100 Å². The number of aromatic nitrogens is 3. The molecule has 0 aliphatic heterocycles. The van der Waals surface area contributed by atoms with E-state index < -0.39 is 0 Å². The van der Waals surface area contributed by atoms with E-state index in [4.69, 9.17) is 4.74 Å². The van der Waals surface area contributed by atoms with Crippen LogP contribution in [0.4, 0.5) is 0 Å². The Bertz CT molecular complexity index is 1230. The molecule has 0 bridgehead atoms. The van der Waals surface area contributed by atoms with Crippen molar-refractivity contribution in [2.75, 3.05) is 20.3 Å². The Labute approximate surface area is 179 Å². The number of benzene rings is 2. The second-order valence-corrected chi connectivity index (χ2v) is 7.24. The molecule has 1 unspecified atom stereocenters. The Morgan fingerprint density at radius 1 is 1.10 bits per heavy atom. The van der Waals surface area contributed by atoms with E-state index in [9.17, 15) is 9.59 Å². The number of aromatic amines is 1. The van der Waals surface area contributed by atoms with Crippen LogP contribution in [-0.4, -0.2) is 40.9 Å². The highest BCUT2D eigenvalue weighted by atomic mass is 16.5. The third kappa shape index (κ3) is 4.57. The number of methoxy groups -OCH3 is 1. The van der Waals surface area contributed by atoms with Crippen LogP contribution in [0.3, 0.4) is 0 Å². The molecule has 2 heterocycles. The average Bonchev–Trinajstić information content (AvgIpc) is 3.23. The molecular formula is C24H24N4O3. The predicted octanol–water partition coefficient (Wildman–Crippen LogP) is 2.93. The maximum atomic E-state index is 12.8. The first-order valence-corrected chi connectivity index (χ1v) is 10.1.